The Morgan fingerprint density at radius 3 is 2.78 bits per heavy atom. The third kappa shape index (κ3) is 2.38. The van der Waals surface area contributed by atoms with Crippen LogP contribution in [0, 0.1) is 0 Å². The highest BCUT2D eigenvalue weighted by molar-refractivity contribution is 5.78. The van der Waals surface area contributed by atoms with Gasteiger partial charge in [0.1, 0.15) is 5.69 Å². The van der Waals surface area contributed by atoms with E-state index in [1.54, 1.807) is 6.20 Å². The molecule has 0 N–H and O–H groups in total. The number of rotatable bonds is 3. The molecule has 2 aliphatic rings. The number of hydrogen-bond acceptors (Lipinski definition) is 5. The molecule has 1 aromatic rings. The molecule has 0 radical (unpaired) electrons. The molecule has 1 aromatic heterocycles. The summed E-state index contributed by atoms with van der Waals surface area (Å²) in [4.78, 5) is 16.1. The summed E-state index contributed by atoms with van der Waals surface area (Å²) < 4.78 is 4.59. The predicted octanol–water partition coefficient (Wildman–Crippen LogP) is 0.656. The van der Waals surface area contributed by atoms with E-state index in [2.05, 4.69) is 24.7 Å². The number of aromatic nitrogens is 2. The van der Waals surface area contributed by atoms with Crippen molar-refractivity contribution in [3.05, 3.63) is 11.9 Å². The zero-order valence-corrected chi connectivity index (χ0v) is 10.4. The quantitative estimate of drug-likeness (QED) is 0.788. The van der Waals surface area contributed by atoms with Gasteiger partial charge in [-0.3, -0.25) is 9.69 Å². The first-order valence-corrected chi connectivity index (χ1v) is 6.61. The van der Waals surface area contributed by atoms with Gasteiger partial charge in [0.15, 0.2) is 0 Å². The Labute approximate surface area is 106 Å². The van der Waals surface area contributed by atoms with Crippen LogP contribution in [0.3, 0.4) is 0 Å². The first-order chi connectivity index (χ1) is 8.83. The molecule has 0 atom stereocenters. The molecule has 1 amide bonds. The van der Waals surface area contributed by atoms with Gasteiger partial charge in [-0.05, 0) is 19.3 Å². The van der Waals surface area contributed by atoms with Gasteiger partial charge in [0.25, 0.3) is 0 Å². The van der Waals surface area contributed by atoms with E-state index in [1.807, 2.05) is 0 Å². The molecule has 3 rings (SSSR count). The molecule has 6 nitrogen and oxygen atoms in total. The fourth-order valence-electron chi connectivity index (χ4n) is 2.93. The first-order valence-electron chi connectivity index (χ1n) is 6.61. The maximum atomic E-state index is 11.7. The van der Waals surface area contributed by atoms with Crippen LogP contribution < -0.4 is 0 Å². The SMILES string of the molecule is O=C1CCCN1C1CCN(Cc2cnon2)CC1. The van der Waals surface area contributed by atoms with Crippen LogP contribution in [-0.2, 0) is 11.3 Å². The second-order valence-electron chi connectivity index (χ2n) is 5.10. The van der Waals surface area contributed by atoms with Gasteiger partial charge < -0.3 is 4.90 Å². The van der Waals surface area contributed by atoms with E-state index >= 15 is 0 Å². The third-order valence-electron chi connectivity index (χ3n) is 3.90. The maximum Gasteiger partial charge on any atom is 0.222 e. The number of hydrogen-bond donors (Lipinski definition) is 0. The van der Waals surface area contributed by atoms with Crippen molar-refractivity contribution in [1.82, 2.24) is 20.1 Å². The fraction of sp³-hybridized carbons (Fsp3) is 0.750. The van der Waals surface area contributed by atoms with E-state index in [1.165, 1.54) is 0 Å². The molecule has 0 bridgehead atoms. The van der Waals surface area contributed by atoms with Crippen LogP contribution in [0.4, 0.5) is 0 Å². The van der Waals surface area contributed by atoms with Gasteiger partial charge in [-0.25, -0.2) is 4.63 Å². The summed E-state index contributed by atoms with van der Waals surface area (Å²) in [5.74, 6) is 0.342. The summed E-state index contributed by atoms with van der Waals surface area (Å²) in [7, 11) is 0. The number of carbonyl (C=O) groups is 1. The lowest BCUT2D eigenvalue weighted by atomic mass is 10.0. The molecule has 0 aliphatic carbocycles. The van der Waals surface area contributed by atoms with E-state index in [4.69, 9.17) is 0 Å². The minimum atomic E-state index is 0.342. The lowest BCUT2D eigenvalue weighted by Crippen LogP contribution is -2.45. The minimum Gasteiger partial charge on any atom is -0.340 e. The van der Waals surface area contributed by atoms with Crippen molar-refractivity contribution in [3.8, 4) is 0 Å². The van der Waals surface area contributed by atoms with Crippen molar-refractivity contribution in [2.24, 2.45) is 0 Å². The van der Waals surface area contributed by atoms with Crippen LogP contribution >= 0.6 is 0 Å². The Bertz CT molecular complexity index is 398. The highest BCUT2D eigenvalue weighted by Gasteiger charge is 2.30. The van der Waals surface area contributed by atoms with E-state index in [-0.39, 0.29) is 0 Å². The predicted molar refractivity (Wildman–Crippen MR) is 63.5 cm³/mol. The molecule has 0 aromatic carbocycles. The summed E-state index contributed by atoms with van der Waals surface area (Å²) in [6.45, 7) is 3.78. The van der Waals surface area contributed by atoms with Gasteiger partial charge in [0, 0.05) is 38.6 Å². The number of likely N-dealkylation sites (tertiary alicyclic amines) is 2. The molecule has 0 spiro atoms. The number of piperidine rings is 1. The van der Waals surface area contributed by atoms with Crippen molar-refractivity contribution in [1.29, 1.82) is 0 Å². The maximum absolute atomic E-state index is 11.7. The lowest BCUT2D eigenvalue weighted by Gasteiger charge is -2.36. The molecule has 0 unspecified atom stereocenters. The normalized spacial score (nSPS) is 22.9. The summed E-state index contributed by atoms with van der Waals surface area (Å²) in [5.41, 5.74) is 0.880. The zero-order valence-electron chi connectivity index (χ0n) is 10.4. The second-order valence-corrected chi connectivity index (χ2v) is 5.10. The zero-order chi connectivity index (χ0) is 12.4. The molecule has 98 valence electrons. The van der Waals surface area contributed by atoms with Crippen LogP contribution in [0.5, 0.6) is 0 Å². The van der Waals surface area contributed by atoms with Gasteiger partial charge >= 0.3 is 0 Å². The van der Waals surface area contributed by atoms with Crippen LogP contribution in [-0.4, -0.2) is 51.7 Å². The Kier molecular flexibility index (Phi) is 3.27. The number of nitrogens with zero attached hydrogens (tertiary/aromatic N) is 4. The van der Waals surface area contributed by atoms with Crippen molar-refractivity contribution in [3.63, 3.8) is 0 Å². The third-order valence-corrected chi connectivity index (χ3v) is 3.90. The second kappa shape index (κ2) is 5.06. The molecule has 6 heteroatoms. The first kappa shape index (κ1) is 11.6. The average molecular weight is 250 g/mol. The minimum absolute atomic E-state index is 0.342. The molecule has 2 aliphatic heterocycles. The highest BCUT2D eigenvalue weighted by atomic mass is 16.6. The Balaban J connectivity index is 1.50. The number of amides is 1. The van der Waals surface area contributed by atoms with E-state index in [0.29, 0.717) is 11.9 Å². The summed E-state index contributed by atoms with van der Waals surface area (Å²) in [5, 5.41) is 7.44. The van der Waals surface area contributed by atoms with Gasteiger partial charge in [-0.2, -0.15) is 0 Å². The fourth-order valence-corrected chi connectivity index (χ4v) is 2.93. The van der Waals surface area contributed by atoms with Gasteiger partial charge in [-0.15, -0.1) is 0 Å². The Morgan fingerprint density at radius 1 is 1.33 bits per heavy atom. The topological polar surface area (TPSA) is 62.5 Å². The molecule has 2 saturated heterocycles. The van der Waals surface area contributed by atoms with Gasteiger partial charge in [-0.1, -0.05) is 10.3 Å². The van der Waals surface area contributed by atoms with Crippen molar-refractivity contribution in [2.45, 2.75) is 38.3 Å². The monoisotopic (exact) mass is 250 g/mol. The molecule has 0 saturated carbocycles. The van der Waals surface area contributed by atoms with Crippen LogP contribution in [0.15, 0.2) is 10.8 Å². The molecule has 18 heavy (non-hydrogen) atoms. The lowest BCUT2D eigenvalue weighted by molar-refractivity contribution is -0.130. The molecular formula is C12H18N4O2. The summed E-state index contributed by atoms with van der Waals surface area (Å²) >= 11 is 0. The summed E-state index contributed by atoms with van der Waals surface area (Å²) in [6.07, 6.45) is 5.57. The van der Waals surface area contributed by atoms with Crippen molar-refractivity contribution < 1.29 is 9.42 Å². The highest BCUT2D eigenvalue weighted by Crippen LogP contribution is 2.22. The van der Waals surface area contributed by atoms with E-state index in [0.717, 1.165) is 57.6 Å². The van der Waals surface area contributed by atoms with E-state index in [9.17, 15) is 4.79 Å². The van der Waals surface area contributed by atoms with Crippen LogP contribution in [0.25, 0.3) is 0 Å². The van der Waals surface area contributed by atoms with Crippen LogP contribution in [0.2, 0.25) is 0 Å². The molecular weight excluding hydrogens is 232 g/mol. The average Bonchev–Trinajstić information content (AvgIpc) is 3.02. The smallest absolute Gasteiger partial charge is 0.222 e. The van der Waals surface area contributed by atoms with E-state index < -0.39 is 0 Å². The summed E-state index contributed by atoms with van der Waals surface area (Å²) in [6, 6.07) is 0.451. The van der Waals surface area contributed by atoms with Gasteiger partial charge in [0.2, 0.25) is 5.91 Å². The van der Waals surface area contributed by atoms with Crippen molar-refractivity contribution >= 4 is 5.91 Å². The van der Waals surface area contributed by atoms with Gasteiger partial charge in [0.05, 0.1) is 6.20 Å². The van der Waals surface area contributed by atoms with Crippen molar-refractivity contribution in [2.75, 3.05) is 19.6 Å². The largest absolute Gasteiger partial charge is 0.340 e. The molecule has 2 fully saturated rings. The Morgan fingerprint density at radius 2 is 2.17 bits per heavy atom. The Hall–Kier alpha value is -1.43. The molecule has 3 heterocycles. The number of carbonyl (C=O) groups excluding carboxylic acids is 1. The van der Waals surface area contributed by atoms with Crippen LogP contribution in [0.1, 0.15) is 31.4 Å². The standard InChI is InChI=1S/C12H18N4O2/c17-12-2-1-5-16(12)11-3-6-15(7-4-11)9-10-8-13-18-14-10/h8,11H,1-7,9H2.